The van der Waals surface area contributed by atoms with Crippen LogP contribution in [0.5, 0.6) is 0 Å². The van der Waals surface area contributed by atoms with Crippen molar-refractivity contribution in [3.63, 3.8) is 0 Å². The minimum absolute atomic E-state index is 0.0156. The van der Waals surface area contributed by atoms with Gasteiger partial charge in [-0.25, -0.2) is 8.78 Å². The molecular weight excluding hydrogens is 326 g/mol. The molecule has 0 spiro atoms. The number of halogens is 2. The summed E-state index contributed by atoms with van der Waals surface area (Å²) < 4.78 is 29.5. The molecule has 1 atom stereocenters. The van der Waals surface area contributed by atoms with E-state index in [1.54, 1.807) is 9.58 Å². The summed E-state index contributed by atoms with van der Waals surface area (Å²) in [5.74, 6) is -1.25. The zero-order chi connectivity index (χ0) is 18.1. The van der Waals surface area contributed by atoms with Gasteiger partial charge in [-0.15, -0.1) is 0 Å². The highest BCUT2D eigenvalue weighted by atomic mass is 19.1. The fourth-order valence-corrected chi connectivity index (χ4v) is 3.38. The van der Waals surface area contributed by atoms with E-state index in [9.17, 15) is 13.6 Å². The van der Waals surface area contributed by atoms with Crippen LogP contribution < -0.4 is 10.2 Å². The lowest BCUT2D eigenvalue weighted by Gasteiger charge is -2.20. The van der Waals surface area contributed by atoms with Crippen LogP contribution in [0.15, 0.2) is 18.2 Å². The largest absolute Gasteiger partial charge is 0.365 e. The monoisotopic (exact) mass is 348 g/mol. The van der Waals surface area contributed by atoms with Crippen LogP contribution in [0.4, 0.5) is 14.5 Å². The second kappa shape index (κ2) is 6.82. The second-order valence-electron chi connectivity index (χ2n) is 6.52. The van der Waals surface area contributed by atoms with Gasteiger partial charge < -0.3 is 10.2 Å². The van der Waals surface area contributed by atoms with Gasteiger partial charge in [-0.2, -0.15) is 5.10 Å². The van der Waals surface area contributed by atoms with E-state index in [1.165, 1.54) is 18.2 Å². The van der Waals surface area contributed by atoms with Gasteiger partial charge in [0, 0.05) is 37.4 Å². The van der Waals surface area contributed by atoms with Crippen molar-refractivity contribution in [3.8, 4) is 0 Å². The molecule has 0 unspecified atom stereocenters. The van der Waals surface area contributed by atoms with Crippen LogP contribution in [-0.2, 0) is 18.3 Å². The Hall–Kier alpha value is -2.44. The molecule has 1 aliphatic rings. The van der Waals surface area contributed by atoms with Crippen LogP contribution >= 0.6 is 0 Å². The standard InChI is InChI=1S/C18H22F2N4O/c1-11-14(12(2)23(3)22-11)9-17(25)21-13-7-8-24(10-13)18-15(19)5-4-6-16(18)20/h4-6,13H,7-10H2,1-3H3,(H,21,25)/t13-/m0/s1. The first kappa shape index (κ1) is 17.4. The van der Waals surface area contributed by atoms with Crippen molar-refractivity contribution in [2.75, 3.05) is 18.0 Å². The number of anilines is 1. The van der Waals surface area contributed by atoms with E-state index in [0.29, 0.717) is 19.5 Å². The van der Waals surface area contributed by atoms with Crippen LogP contribution in [-0.4, -0.2) is 34.8 Å². The zero-order valence-electron chi connectivity index (χ0n) is 14.6. The Balaban J connectivity index is 1.62. The molecule has 7 heteroatoms. The maximum atomic E-state index is 13.9. The summed E-state index contributed by atoms with van der Waals surface area (Å²) in [6.07, 6.45) is 0.917. The van der Waals surface area contributed by atoms with Crippen molar-refractivity contribution in [3.05, 3.63) is 46.8 Å². The van der Waals surface area contributed by atoms with Gasteiger partial charge in [-0.3, -0.25) is 9.48 Å². The van der Waals surface area contributed by atoms with Gasteiger partial charge in [0.25, 0.3) is 0 Å². The molecule has 1 aromatic carbocycles. The summed E-state index contributed by atoms with van der Waals surface area (Å²) in [7, 11) is 1.85. The van der Waals surface area contributed by atoms with E-state index in [-0.39, 0.29) is 24.1 Å². The van der Waals surface area contributed by atoms with Crippen molar-refractivity contribution >= 4 is 11.6 Å². The van der Waals surface area contributed by atoms with Crippen LogP contribution in [0, 0.1) is 25.5 Å². The van der Waals surface area contributed by atoms with Gasteiger partial charge in [-0.1, -0.05) is 6.07 Å². The first-order chi connectivity index (χ1) is 11.9. The summed E-state index contributed by atoms with van der Waals surface area (Å²) in [5, 5.41) is 7.28. The summed E-state index contributed by atoms with van der Waals surface area (Å²) in [6.45, 7) is 4.72. The molecule has 0 bridgehead atoms. The lowest BCUT2D eigenvalue weighted by atomic mass is 10.1. The maximum Gasteiger partial charge on any atom is 0.224 e. The molecule has 1 amide bonds. The number of carbonyl (C=O) groups is 1. The zero-order valence-corrected chi connectivity index (χ0v) is 14.6. The van der Waals surface area contributed by atoms with Gasteiger partial charge in [-0.05, 0) is 32.4 Å². The van der Waals surface area contributed by atoms with Crippen LogP contribution in [0.3, 0.4) is 0 Å². The molecule has 1 aromatic heterocycles. The molecule has 1 fully saturated rings. The van der Waals surface area contributed by atoms with Crippen molar-refractivity contribution < 1.29 is 13.6 Å². The molecule has 2 heterocycles. The summed E-state index contributed by atoms with van der Waals surface area (Å²) >= 11 is 0. The van der Waals surface area contributed by atoms with Gasteiger partial charge in [0.1, 0.15) is 17.3 Å². The van der Waals surface area contributed by atoms with Crippen LogP contribution in [0.1, 0.15) is 23.4 Å². The van der Waals surface area contributed by atoms with Crippen molar-refractivity contribution in [2.24, 2.45) is 7.05 Å². The van der Waals surface area contributed by atoms with E-state index in [2.05, 4.69) is 10.4 Å². The summed E-state index contributed by atoms with van der Waals surface area (Å²) in [4.78, 5) is 14.0. The number of amides is 1. The van der Waals surface area contributed by atoms with Gasteiger partial charge in [0.05, 0.1) is 12.1 Å². The SMILES string of the molecule is Cc1nn(C)c(C)c1CC(=O)N[C@H]1CCN(c2c(F)cccc2F)C1. The van der Waals surface area contributed by atoms with Crippen molar-refractivity contribution in [1.82, 2.24) is 15.1 Å². The predicted molar refractivity (Wildman–Crippen MR) is 91.5 cm³/mol. The lowest BCUT2D eigenvalue weighted by molar-refractivity contribution is -0.121. The molecule has 1 N–H and O–H groups in total. The third-order valence-corrected chi connectivity index (χ3v) is 4.80. The first-order valence-electron chi connectivity index (χ1n) is 8.34. The maximum absolute atomic E-state index is 13.9. The number of aromatic nitrogens is 2. The number of nitrogens with zero attached hydrogens (tertiary/aromatic N) is 3. The fourth-order valence-electron chi connectivity index (χ4n) is 3.38. The van der Waals surface area contributed by atoms with Crippen molar-refractivity contribution in [2.45, 2.75) is 32.7 Å². The predicted octanol–water partition coefficient (Wildman–Crippen LogP) is 2.25. The average Bonchev–Trinajstić information content (AvgIpc) is 3.07. The topological polar surface area (TPSA) is 50.2 Å². The van der Waals surface area contributed by atoms with E-state index in [4.69, 9.17) is 0 Å². The number of benzene rings is 1. The highest BCUT2D eigenvalue weighted by Gasteiger charge is 2.28. The molecule has 3 rings (SSSR count). The first-order valence-corrected chi connectivity index (χ1v) is 8.34. The quantitative estimate of drug-likeness (QED) is 0.922. The minimum Gasteiger partial charge on any atom is -0.365 e. The van der Waals surface area contributed by atoms with Crippen LogP contribution in [0.25, 0.3) is 0 Å². The summed E-state index contributed by atoms with van der Waals surface area (Å²) in [6, 6.07) is 3.72. The number of carbonyl (C=O) groups excluding carboxylic acids is 1. The number of hydrogen-bond donors (Lipinski definition) is 1. The number of rotatable bonds is 4. The molecule has 134 valence electrons. The Morgan fingerprint density at radius 2 is 2.00 bits per heavy atom. The molecule has 0 aliphatic carbocycles. The molecular formula is C18H22F2N4O. The highest BCUT2D eigenvalue weighted by Crippen LogP contribution is 2.26. The minimum atomic E-state index is -0.575. The Morgan fingerprint density at radius 3 is 2.60 bits per heavy atom. The Morgan fingerprint density at radius 1 is 1.32 bits per heavy atom. The molecule has 1 saturated heterocycles. The van der Waals surface area contributed by atoms with Crippen LogP contribution in [0.2, 0.25) is 0 Å². The molecule has 2 aromatic rings. The number of nitrogens with one attached hydrogen (secondary N) is 1. The van der Waals surface area contributed by atoms with Gasteiger partial charge >= 0.3 is 0 Å². The van der Waals surface area contributed by atoms with Crippen molar-refractivity contribution in [1.29, 1.82) is 0 Å². The second-order valence-corrected chi connectivity index (χ2v) is 6.52. The molecule has 5 nitrogen and oxygen atoms in total. The van der Waals surface area contributed by atoms with Gasteiger partial charge in [0.15, 0.2) is 0 Å². The van der Waals surface area contributed by atoms with E-state index >= 15 is 0 Å². The smallest absolute Gasteiger partial charge is 0.224 e. The highest BCUT2D eigenvalue weighted by molar-refractivity contribution is 5.79. The Labute approximate surface area is 145 Å². The Kier molecular flexibility index (Phi) is 4.74. The molecule has 25 heavy (non-hydrogen) atoms. The number of aryl methyl sites for hydroxylation is 2. The third-order valence-electron chi connectivity index (χ3n) is 4.80. The average molecular weight is 348 g/mol. The number of hydrogen-bond acceptors (Lipinski definition) is 3. The lowest BCUT2D eigenvalue weighted by Crippen LogP contribution is -2.38. The fraction of sp³-hybridized carbons (Fsp3) is 0.444. The normalized spacial score (nSPS) is 17.2. The van der Waals surface area contributed by atoms with E-state index in [1.807, 2.05) is 20.9 Å². The van der Waals surface area contributed by atoms with E-state index < -0.39 is 11.6 Å². The Bertz CT molecular complexity index is 782. The molecule has 1 aliphatic heterocycles. The molecule has 0 radical (unpaired) electrons. The van der Waals surface area contributed by atoms with Gasteiger partial charge in [0.2, 0.25) is 5.91 Å². The third kappa shape index (κ3) is 3.50. The number of para-hydroxylation sites is 1. The molecule has 0 saturated carbocycles. The summed E-state index contributed by atoms with van der Waals surface area (Å²) in [5.41, 5.74) is 2.72. The van der Waals surface area contributed by atoms with E-state index in [0.717, 1.165) is 17.0 Å².